The molecular weight excluding hydrogens is 265 g/mol. The summed E-state index contributed by atoms with van der Waals surface area (Å²) in [5.74, 6) is -0.204. The van der Waals surface area contributed by atoms with Gasteiger partial charge < -0.3 is 5.32 Å². The number of rotatable bonds is 5. The van der Waals surface area contributed by atoms with E-state index in [-0.39, 0.29) is 5.82 Å². The molecule has 1 heterocycles. The Labute approximate surface area is 116 Å². The maximum Gasteiger partial charge on any atom is 0.123 e. The summed E-state index contributed by atoms with van der Waals surface area (Å²) in [5.41, 5.74) is 2.14. The second-order valence-corrected chi connectivity index (χ2v) is 5.69. The van der Waals surface area contributed by atoms with E-state index in [0.717, 1.165) is 34.0 Å². The maximum absolute atomic E-state index is 12.8. The zero-order valence-electron chi connectivity index (χ0n) is 10.1. The summed E-state index contributed by atoms with van der Waals surface area (Å²) in [4.78, 5) is 2.15. The van der Waals surface area contributed by atoms with Crippen LogP contribution in [0, 0.1) is 5.82 Å². The van der Waals surface area contributed by atoms with E-state index in [4.69, 9.17) is 12.2 Å². The van der Waals surface area contributed by atoms with Crippen LogP contribution in [0.1, 0.15) is 13.3 Å². The largest absolute Gasteiger partial charge is 0.384 e. The molecule has 0 aliphatic rings. The van der Waals surface area contributed by atoms with Gasteiger partial charge in [-0.2, -0.15) is 0 Å². The van der Waals surface area contributed by atoms with Crippen LogP contribution in [-0.4, -0.2) is 11.4 Å². The Balaban J connectivity index is 2.01. The highest BCUT2D eigenvalue weighted by molar-refractivity contribution is 7.80. The highest BCUT2D eigenvalue weighted by atomic mass is 32.1. The molecule has 0 spiro atoms. The Morgan fingerprint density at radius 1 is 1.33 bits per heavy atom. The van der Waals surface area contributed by atoms with Crippen LogP contribution in [0.3, 0.4) is 0 Å². The predicted molar refractivity (Wildman–Crippen MR) is 81.1 cm³/mol. The summed E-state index contributed by atoms with van der Waals surface area (Å²) >= 11 is 6.68. The average molecular weight is 279 g/mol. The third-order valence-corrected chi connectivity index (χ3v) is 3.72. The average Bonchev–Trinajstić information content (AvgIpc) is 2.78. The van der Waals surface area contributed by atoms with E-state index in [9.17, 15) is 4.39 Å². The zero-order chi connectivity index (χ0) is 13.0. The van der Waals surface area contributed by atoms with Crippen LogP contribution in [-0.2, 0) is 0 Å². The normalized spacial score (nSPS) is 10.3. The van der Waals surface area contributed by atoms with Gasteiger partial charge in [0.1, 0.15) is 5.82 Å². The number of thiocarbonyl (C=S) groups is 1. The van der Waals surface area contributed by atoms with Crippen molar-refractivity contribution in [3.63, 3.8) is 0 Å². The lowest BCUT2D eigenvalue weighted by Gasteiger charge is -2.01. The van der Waals surface area contributed by atoms with Crippen molar-refractivity contribution in [2.24, 2.45) is 0 Å². The number of anilines is 1. The van der Waals surface area contributed by atoms with E-state index in [1.165, 1.54) is 12.1 Å². The van der Waals surface area contributed by atoms with E-state index in [1.807, 2.05) is 6.92 Å². The molecule has 1 aromatic heterocycles. The van der Waals surface area contributed by atoms with Gasteiger partial charge >= 0.3 is 0 Å². The van der Waals surface area contributed by atoms with Crippen LogP contribution in [0.2, 0.25) is 0 Å². The summed E-state index contributed by atoms with van der Waals surface area (Å²) in [5, 5.41) is 5.39. The van der Waals surface area contributed by atoms with Gasteiger partial charge in [0.25, 0.3) is 0 Å². The first-order valence-electron chi connectivity index (χ1n) is 5.73. The molecule has 2 aromatic rings. The minimum atomic E-state index is -0.204. The second kappa shape index (κ2) is 6.07. The van der Waals surface area contributed by atoms with E-state index >= 15 is 0 Å². The number of benzene rings is 1. The van der Waals surface area contributed by atoms with Crippen LogP contribution in [0.5, 0.6) is 0 Å². The van der Waals surface area contributed by atoms with Crippen molar-refractivity contribution in [3.8, 4) is 10.4 Å². The fraction of sp³-hybridized carbons (Fsp3) is 0.214. The van der Waals surface area contributed by atoms with Crippen LogP contribution >= 0.6 is 23.6 Å². The number of hydrogen-bond donors (Lipinski definition) is 1. The van der Waals surface area contributed by atoms with Crippen LogP contribution in [0.4, 0.5) is 10.1 Å². The highest BCUT2D eigenvalue weighted by Gasteiger charge is 2.02. The van der Waals surface area contributed by atoms with Crippen molar-refractivity contribution in [2.45, 2.75) is 13.3 Å². The lowest BCUT2D eigenvalue weighted by Crippen LogP contribution is -2.03. The zero-order valence-corrected chi connectivity index (χ0v) is 11.7. The molecule has 94 valence electrons. The first-order valence-corrected chi connectivity index (χ1v) is 7.02. The summed E-state index contributed by atoms with van der Waals surface area (Å²) < 4.78 is 12.8. The lowest BCUT2D eigenvalue weighted by molar-refractivity contribution is 0.628. The van der Waals surface area contributed by atoms with Gasteiger partial charge in [0, 0.05) is 22.5 Å². The van der Waals surface area contributed by atoms with Crippen molar-refractivity contribution in [2.75, 3.05) is 11.9 Å². The number of halogens is 1. The number of hydrogen-bond acceptors (Lipinski definition) is 3. The van der Waals surface area contributed by atoms with E-state index < -0.39 is 0 Å². The summed E-state index contributed by atoms with van der Waals surface area (Å²) in [6, 6.07) is 8.64. The second-order valence-electron chi connectivity index (χ2n) is 4.09. The van der Waals surface area contributed by atoms with Crippen molar-refractivity contribution in [3.05, 3.63) is 41.5 Å². The van der Waals surface area contributed by atoms with E-state index in [2.05, 4.69) is 16.8 Å². The standard InChI is InChI=1S/C14H14FNS2/c1-10(17)6-7-16-13-8-14(18-9-13)11-2-4-12(15)5-3-11/h2-5,8-9,16H,6-7H2,1H3. The van der Waals surface area contributed by atoms with Gasteiger partial charge in [0.05, 0.1) is 0 Å². The lowest BCUT2D eigenvalue weighted by atomic mass is 10.2. The van der Waals surface area contributed by atoms with Crippen molar-refractivity contribution < 1.29 is 4.39 Å². The summed E-state index contributed by atoms with van der Waals surface area (Å²) in [6.45, 7) is 2.81. The molecule has 0 fully saturated rings. The van der Waals surface area contributed by atoms with Gasteiger partial charge in [-0.25, -0.2) is 4.39 Å². The van der Waals surface area contributed by atoms with E-state index in [0.29, 0.717) is 0 Å². The first-order chi connectivity index (χ1) is 8.65. The SMILES string of the molecule is CC(=S)CCNc1csc(-c2ccc(F)cc2)c1. The molecule has 0 bridgehead atoms. The van der Waals surface area contributed by atoms with Crippen molar-refractivity contribution in [1.82, 2.24) is 0 Å². The molecule has 0 saturated heterocycles. The Hall–Kier alpha value is -1.26. The molecule has 0 aliphatic heterocycles. The molecule has 2 rings (SSSR count). The number of nitrogens with one attached hydrogen (secondary N) is 1. The first kappa shape index (κ1) is 13.2. The maximum atomic E-state index is 12.8. The fourth-order valence-corrected chi connectivity index (χ4v) is 2.55. The van der Waals surface area contributed by atoms with Gasteiger partial charge in [-0.15, -0.1) is 11.3 Å². The Bertz CT molecular complexity index is 531. The quantitative estimate of drug-likeness (QED) is 0.793. The predicted octanol–water partition coefficient (Wildman–Crippen LogP) is 4.75. The topological polar surface area (TPSA) is 12.0 Å². The fourth-order valence-electron chi connectivity index (χ4n) is 1.58. The van der Waals surface area contributed by atoms with Gasteiger partial charge in [0.15, 0.2) is 0 Å². The summed E-state index contributed by atoms with van der Waals surface area (Å²) in [6.07, 6.45) is 0.900. The molecule has 0 aliphatic carbocycles. The van der Waals surface area contributed by atoms with Crippen LogP contribution in [0.15, 0.2) is 35.7 Å². The van der Waals surface area contributed by atoms with Crippen LogP contribution in [0.25, 0.3) is 10.4 Å². The monoisotopic (exact) mass is 279 g/mol. The minimum absolute atomic E-state index is 0.204. The van der Waals surface area contributed by atoms with Crippen LogP contribution < -0.4 is 5.32 Å². The third kappa shape index (κ3) is 3.62. The van der Waals surface area contributed by atoms with Crippen molar-refractivity contribution >= 4 is 34.1 Å². The van der Waals surface area contributed by atoms with Crippen molar-refractivity contribution in [1.29, 1.82) is 0 Å². The number of thiophene rings is 1. The Morgan fingerprint density at radius 3 is 2.72 bits per heavy atom. The van der Waals surface area contributed by atoms with Gasteiger partial charge in [0.2, 0.25) is 0 Å². The molecule has 0 amide bonds. The Morgan fingerprint density at radius 2 is 2.06 bits per heavy atom. The minimum Gasteiger partial charge on any atom is -0.384 e. The third-order valence-electron chi connectivity index (χ3n) is 2.53. The van der Waals surface area contributed by atoms with Gasteiger partial charge in [-0.1, -0.05) is 24.4 Å². The Kier molecular flexibility index (Phi) is 4.44. The molecule has 0 saturated carbocycles. The van der Waals surface area contributed by atoms with Gasteiger partial charge in [-0.3, -0.25) is 0 Å². The van der Waals surface area contributed by atoms with E-state index in [1.54, 1.807) is 23.5 Å². The molecular formula is C14H14FNS2. The molecule has 0 radical (unpaired) electrons. The molecule has 4 heteroatoms. The molecule has 1 aromatic carbocycles. The van der Waals surface area contributed by atoms with Gasteiger partial charge in [-0.05, 0) is 42.0 Å². The molecule has 0 atom stereocenters. The molecule has 1 nitrogen and oxygen atoms in total. The highest BCUT2D eigenvalue weighted by Crippen LogP contribution is 2.29. The molecule has 0 unspecified atom stereocenters. The summed E-state index contributed by atoms with van der Waals surface area (Å²) in [7, 11) is 0. The smallest absolute Gasteiger partial charge is 0.123 e. The molecule has 18 heavy (non-hydrogen) atoms. The molecule has 1 N–H and O–H groups in total.